The number of rotatable bonds is 22. The first-order valence-electron chi connectivity index (χ1n) is 20.1. The van der Waals surface area contributed by atoms with Crippen molar-refractivity contribution in [1.29, 1.82) is 0 Å². The van der Waals surface area contributed by atoms with Crippen LogP contribution < -0.4 is 10.6 Å². The van der Waals surface area contributed by atoms with Crippen LogP contribution in [0.4, 0.5) is 5.82 Å². The molecule has 3 amide bonds. The smallest absolute Gasteiger partial charge is 0.309 e. The Bertz CT molecular complexity index is 1670. The van der Waals surface area contributed by atoms with Gasteiger partial charge in [0.1, 0.15) is 16.7 Å². The van der Waals surface area contributed by atoms with E-state index < -0.39 is 47.2 Å². The number of amides is 3. The third-order valence-electron chi connectivity index (χ3n) is 10.7. The van der Waals surface area contributed by atoms with Crippen LogP contribution in [0, 0.1) is 41.4 Å². The number of terminal acetylenes is 1. The molecule has 0 saturated carbocycles. The third kappa shape index (κ3) is 14.2. The summed E-state index contributed by atoms with van der Waals surface area (Å²) >= 11 is 1.18. The molecule has 0 spiro atoms. The number of likely N-dealkylation sites (tertiary alicyclic amines) is 1. The van der Waals surface area contributed by atoms with E-state index in [4.69, 9.17) is 16.0 Å². The van der Waals surface area contributed by atoms with Crippen molar-refractivity contribution in [2.75, 3.05) is 25.5 Å². The standard InChI is InChI=1S/C43H63N5O8S/c1-10-12-18-23-55-48(41(52)37(29(5)11-2)39(51)46-36-21-16-17-22-47(36)9)33(28(3)4)25-34(56-30(6)49)40-45-35(27-57-40)44-38(50)32(26-43(7,8)42(53)54)24-31-19-14-13-15-20-31/h1,13-15,19-20,27-29,32-34,36-37H,11-12,16-18,21-26H2,2-9H3,(H,44,50)(H,46,51)(H,53,54)/t29-,32-,33+,34+,36+,37-/m0/s1. The molecule has 2 aromatic rings. The predicted molar refractivity (Wildman–Crippen MR) is 220 cm³/mol. The second kappa shape index (κ2) is 22.6. The van der Waals surface area contributed by atoms with Crippen LogP contribution in [0.3, 0.4) is 0 Å². The maximum absolute atomic E-state index is 14.7. The lowest BCUT2D eigenvalue weighted by molar-refractivity contribution is -0.215. The fourth-order valence-corrected chi connectivity index (χ4v) is 7.79. The van der Waals surface area contributed by atoms with E-state index in [9.17, 15) is 29.1 Å². The highest BCUT2D eigenvalue weighted by atomic mass is 32.1. The van der Waals surface area contributed by atoms with E-state index in [0.29, 0.717) is 30.7 Å². The lowest BCUT2D eigenvalue weighted by atomic mass is 9.80. The summed E-state index contributed by atoms with van der Waals surface area (Å²) < 4.78 is 5.84. The summed E-state index contributed by atoms with van der Waals surface area (Å²) in [7, 11) is 1.97. The van der Waals surface area contributed by atoms with Crippen molar-refractivity contribution in [2.45, 2.75) is 125 Å². The average molecular weight is 810 g/mol. The number of carboxylic acids is 1. The van der Waals surface area contributed by atoms with E-state index in [1.807, 2.05) is 65.1 Å². The number of esters is 1. The normalized spacial score (nSPS) is 17.4. The number of carbonyl (C=O) groups excluding carboxylic acids is 4. The Morgan fingerprint density at radius 3 is 2.42 bits per heavy atom. The van der Waals surface area contributed by atoms with E-state index in [-0.39, 0.29) is 55.1 Å². The van der Waals surface area contributed by atoms with Crippen molar-refractivity contribution >= 4 is 46.8 Å². The highest BCUT2D eigenvalue weighted by Crippen LogP contribution is 2.34. The zero-order valence-corrected chi connectivity index (χ0v) is 35.7. The molecule has 314 valence electrons. The van der Waals surface area contributed by atoms with Gasteiger partial charge in [0.15, 0.2) is 6.10 Å². The van der Waals surface area contributed by atoms with Crippen molar-refractivity contribution in [3.8, 4) is 12.3 Å². The highest BCUT2D eigenvalue weighted by Gasteiger charge is 2.42. The molecule has 13 nitrogen and oxygen atoms in total. The van der Waals surface area contributed by atoms with Gasteiger partial charge in [-0.2, -0.15) is 0 Å². The summed E-state index contributed by atoms with van der Waals surface area (Å²) in [5.74, 6) is -2.24. The summed E-state index contributed by atoms with van der Waals surface area (Å²) in [6, 6.07) is 8.72. The minimum absolute atomic E-state index is 0.0860. The van der Waals surface area contributed by atoms with Gasteiger partial charge in [0.05, 0.1) is 24.2 Å². The second-order valence-electron chi connectivity index (χ2n) is 16.2. The molecule has 0 bridgehead atoms. The van der Waals surface area contributed by atoms with E-state index in [1.165, 1.54) is 23.3 Å². The summed E-state index contributed by atoms with van der Waals surface area (Å²) in [5.41, 5.74) is -0.272. The van der Waals surface area contributed by atoms with Crippen molar-refractivity contribution < 1.29 is 38.7 Å². The van der Waals surface area contributed by atoms with E-state index in [0.717, 1.165) is 31.4 Å². The molecule has 3 N–H and O–H groups in total. The quantitative estimate of drug-likeness (QED) is 0.0376. The number of anilines is 1. The molecule has 0 aliphatic carbocycles. The van der Waals surface area contributed by atoms with Gasteiger partial charge >= 0.3 is 11.9 Å². The second-order valence-corrected chi connectivity index (χ2v) is 17.0. The lowest BCUT2D eigenvalue weighted by Gasteiger charge is -2.38. The van der Waals surface area contributed by atoms with Crippen LogP contribution in [0.2, 0.25) is 0 Å². The number of carbonyl (C=O) groups is 5. The molecule has 1 aliphatic heterocycles. The molecular weight excluding hydrogens is 747 g/mol. The first-order chi connectivity index (χ1) is 27.0. The number of carboxylic acid groups (broad SMARTS) is 1. The van der Waals surface area contributed by atoms with Crippen molar-refractivity contribution in [1.82, 2.24) is 20.3 Å². The van der Waals surface area contributed by atoms with Gasteiger partial charge in [0.2, 0.25) is 11.8 Å². The molecule has 14 heteroatoms. The van der Waals surface area contributed by atoms with Gasteiger partial charge in [-0.25, -0.2) is 10.0 Å². The number of ether oxygens (including phenoxy) is 1. The summed E-state index contributed by atoms with van der Waals surface area (Å²) in [6.45, 7) is 13.1. The summed E-state index contributed by atoms with van der Waals surface area (Å²) in [6.07, 6.45) is 9.20. The molecule has 1 aromatic heterocycles. The molecule has 1 aromatic carbocycles. The third-order valence-corrected chi connectivity index (χ3v) is 11.6. The molecule has 1 aliphatic rings. The van der Waals surface area contributed by atoms with Gasteiger partial charge in [0, 0.05) is 31.1 Å². The van der Waals surface area contributed by atoms with Gasteiger partial charge in [-0.3, -0.25) is 33.7 Å². The molecule has 0 radical (unpaired) electrons. The average Bonchev–Trinajstić information content (AvgIpc) is 3.62. The number of benzene rings is 1. The minimum atomic E-state index is -1.16. The highest BCUT2D eigenvalue weighted by molar-refractivity contribution is 7.10. The topological polar surface area (TPSA) is 167 Å². The minimum Gasteiger partial charge on any atom is -0.481 e. The number of unbranched alkanes of at least 4 members (excludes halogenated alkanes) is 1. The Kier molecular flexibility index (Phi) is 18.6. The van der Waals surface area contributed by atoms with Gasteiger partial charge in [-0.1, -0.05) is 64.4 Å². The Morgan fingerprint density at radius 2 is 1.82 bits per heavy atom. The lowest BCUT2D eigenvalue weighted by Crippen LogP contribution is -2.55. The molecular formula is C43H63N5O8S. The fraction of sp³-hybridized carbons (Fsp3) is 0.628. The monoisotopic (exact) mass is 809 g/mol. The number of aliphatic carboxylic acids is 1. The zero-order chi connectivity index (χ0) is 42.3. The van der Waals surface area contributed by atoms with Crippen molar-refractivity contribution in [3.63, 3.8) is 0 Å². The van der Waals surface area contributed by atoms with Crippen molar-refractivity contribution in [2.24, 2.45) is 29.1 Å². The van der Waals surface area contributed by atoms with Crippen LogP contribution in [0.25, 0.3) is 0 Å². The van der Waals surface area contributed by atoms with Crippen LogP contribution >= 0.6 is 11.3 Å². The number of piperidine rings is 1. The van der Waals surface area contributed by atoms with Gasteiger partial charge in [0.25, 0.3) is 5.91 Å². The molecule has 1 fully saturated rings. The first-order valence-corrected chi connectivity index (χ1v) is 21.0. The number of aromatic nitrogens is 1. The van der Waals surface area contributed by atoms with Crippen LogP contribution in [0.1, 0.15) is 117 Å². The fourth-order valence-electron chi connectivity index (χ4n) is 7.00. The Morgan fingerprint density at radius 1 is 1.12 bits per heavy atom. The van der Waals surface area contributed by atoms with E-state index in [1.54, 1.807) is 19.2 Å². The maximum atomic E-state index is 14.7. The number of thiazole rings is 1. The molecule has 1 saturated heterocycles. The molecule has 2 heterocycles. The molecule has 57 heavy (non-hydrogen) atoms. The van der Waals surface area contributed by atoms with E-state index >= 15 is 0 Å². The number of nitrogens with one attached hydrogen (secondary N) is 2. The first kappa shape index (κ1) is 47.1. The maximum Gasteiger partial charge on any atom is 0.309 e. The van der Waals surface area contributed by atoms with Crippen LogP contribution in [-0.4, -0.2) is 82.1 Å². The zero-order valence-electron chi connectivity index (χ0n) is 34.9. The van der Waals surface area contributed by atoms with Gasteiger partial charge < -0.3 is 20.5 Å². The molecule has 6 atom stereocenters. The number of hydrogen-bond donors (Lipinski definition) is 3. The van der Waals surface area contributed by atoms with Crippen LogP contribution in [0.5, 0.6) is 0 Å². The predicted octanol–water partition coefficient (Wildman–Crippen LogP) is 6.85. The number of hydrogen-bond acceptors (Lipinski definition) is 10. The Labute approximate surface area is 342 Å². The number of nitrogens with zero attached hydrogens (tertiary/aromatic N) is 3. The van der Waals surface area contributed by atoms with Crippen molar-refractivity contribution in [3.05, 3.63) is 46.3 Å². The molecule has 3 rings (SSSR count). The SMILES string of the molecule is C#CCCCON(C(=O)[C@H](C(=O)N[C@H]1CCCCN1C)[C@@H](C)CC)[C@H](C[C@@H](OC(C)=O)c1nc(NC(=O)[C@@H](Cc2ccccc2)CC(C)(C)C(=O)O)cs1)C(C)C. The summed E-state index contributed by atoms with van der Waals surface area (Å²) in [5, 5.41) is 19.2. The van der Waals surface area contributed by atoms with E-state index in [2.05, 4.69) is 26.4 Å². The number of hydroxylamine groups is 2. The Balaban J connectivity index is 1.94. The van der Waals surface area contributed by atoms with Gasteiger partial charge in [-0.15, -0.1) is 23.7 Å². The van der Waals surface area contributed by atoms with Crippen LogP contribution in [-0.2, 0) is 40.0 Å². The molecule has 0 unspecified atom stereocenters. The Hall–Kier alpha value is -4.32. The van der Waals surface area contributed by atoms with Gasteiger partial charge in [-0.05, 0) is 83.4 Å². The summed E-state index contributed by atoms with van der Waals surface area (Å²) in [4.78, 5) is 80.1. The van der Waals surface area contributed by atoms with Crippen LogP contribution in [0.15, 0.2) is 35.7 Å². The largest absolute Gasteiger partial charge is 0.481 e.